The van der Waals surface area contributed by atoms with Crippen LogP contribution in [0.4, 0.5) is 8.78 Å². The van der Waals surface area contributed by atoms with E-state index in [1.165, 1.54) is 0 Å². The van der Waals surface area contributed by atoms with Gasteiger partial charge in [-0.2, -0.15) is 0 Å². The van der Waals surface area contributed by atoms with Gasteiger partial charge in [-0.3, -0.25) is 9.59 Å². The van der Waals surface area contributed by atoms with Crippen LogP contribution in [-0.2, 0) is 11.2 Å². The van der Waals surface area contributed by atoms with Gasteiger partial charge in [0.15, 0.2) is 5.43 Å². The zero-order valence-electron chi connectivity index (χ0n) is 7.26. The molecule has 0 bridgehead atoms. The minimum Gasteiger partial charge on any atom is -0.481 e. The third kappa shape index (κ3) is 2.76. The molecule has 4 nitrogen and oxygen atoms in total. The lowest BCUT2D eigenvalue weighted by Gasteiger charge is -2.06. The van der Waals surface area contributed by atoms with Gasteiger partial charge in [0, 0.05) is 11.8 Å². The molecule has 0 radical (unpaired) electrons. The summed E-state index contributed by atoms with van der Waals surface area (Å²) in [6.45, 7) is 0. The molecule has 0 atom stereocenters. The van der Waals surface area contributed by atoms with Gasteiger partial charge in [0.25, 0.3) is 6.43 Å². The number of aromatic nitrogens is 1. The second-order valence-corrected chi connectivity index (χ2v) is 3.15. The molecule has 7 heteroatoms. The van der Waals surface area contributed by atoms with Gasteiger partial charge in [-0.05, 0) is 0 Å². The van der Waals surface area contributed by atoms with Crippen LogP contribution in [0.5, 0.6) is 0 Å². The molecule has 1 aromatic heterocycles. The van der Waals surface area contributed by atoms with Crippen LogP contribution in [0.15, 0.2) is 10.9 Å². The summed E-state index contributed by atoms with van der Waals surface area (Å²) in [4.78, 5) is 23.7. The topological polar surface area (TPSA) is 70.2 Å². The van der Waals surface area contributed by atoms with Crippen LogP contribution in [0, 0.1) is 0 Å². The molecule has 82 valence electrons. The normalized spacial score (nSPS) is 10.7. The number of H-pyrrole nitrogens is 1. The monoisotopic (exact) mass is 237 g/mol. The fraction of sp³-hybridized carbons (Fsp3) is 0.250. The molecule has 0 aliphatic rings. The number of nitrogens with one attached hydrogen (secondary N) is 1. The minimum atomic E-state index is -3.03. The van der Waals surface area contributed by atoms with E-state index in [4.69, 9.17) is 16.7 Å². The Morgan fingerprint density at radius 1 is 1.60 bits per heavy atom. The number of aromatic amines is 1. The third-order valence-corrected chi connectivity index (χ3v) is 1.87. The van der Waals surface area contributed by atoms with Gasteiger partial charge in [0.2, 0.25) is 0 Å². The lowest BCUT2D eigenvalue weighted by Crippen LogP contribution is -2.16. The first-order valence-electron chi connectivity index (χ1n) is 3.83. The van der Waals surface area contributed by atoms with Crippen molar-refractivity contribution in [3.8, 4) is 0 Å². The van der Waals surface area contributed by atoms with E-state index < -0.39 is 29.8 Å². The van der Waals surface area contributed by atoms with E-state index in [9.17, 15) is 18.4 Å². The van der Waals surface area contributed by atoms with Crippen molar-refractivity contribution in [1.82, 2.24) is 4.98 Å². The first-order valence-corrected chi connectivity index (χ1v) is 4.21. The number of carboxylic acid groups (broad SMARTS) is 1. The summed E-state index contributed by atoms with van der Waals surface area (Å²) in [5, 5.41) is 8.28. The molecule has 0 aromatic carbocycles. The van der Waals surface area contributed by atoms with Gasteiger partial charge >= 0.3 is 5.97 Å². The lowest BCUT2D eigenvalue weighted by atomic mass is 10.1. The molecule has 0 fully saturated rings. The summed E-state index contributed by atoms with van der Waals surface area (Å²) >= 11 is 5.42. The Labute approximate surface area is 87.5 Å². The maximum atomic E-state index is 12.4. The van der Waals surface area contributed by atoms with Gasteiger partial charge in [-0.1, -0.05) is 11.6 Å². The highest BCUT2D eigenvalue weighted by molar-refractivity contribution is 6.29. The highest BCUT2D eigenvalue weighted by atomic mass is 35.5. The molecule has 2 N–H and O–H groups in total. The summed E-state index contributed by atoms with van der Waals surface area (Å²) in [5.74, 6) is -1.32. The molecule has 0 spiro atoms. The van der Waals surface area contributed by atoms with E-state index in [1.54, 1.807) is 0 Å². The molecule has 0 unspecified atom stereocenters. The SMILES string of the molecule is O=C(O)Cc1[nH]c(Cl)cc(=O)c1C(F)F. The standard InChI is InChI=1S/C8H6ClF2NO3/c9-5-2-4(13)7(8(10)11)3(12-5)1-6(14)15/h2,8H,1H2,(H,12,13)(H,14,15). The average Bonchev–Trinajstić information content (AvgIpc) is 1.99. The third-order valence-electron chi connectivity index (χ3n) is 1.66. The number of halogens is 3. The molecule has 0 amide bonds. The summed E-state index contributed by atoms with van der Waals surface area (Å²) < 4.78 is 24.8. The number of alkyl halides is 2. The molecule has 15 heavy (non-hydrogen) atoms. The summed E-state index contributed by atoms with van der Waals surface area (Å²) in [6, 6.07) is 0.786. The number of rotatable bonds is 3. The van der Waals surface area contributed by atoms with Gasteiger partial charge < -0.3 is 10.1 Å². The van der Waals surface area contributed by atoms with Crippen molar-refractivity contribution < 1.29 is 18.7 Å². The van der Waals surface area contributed by atoms with Crippen molar-refractivity contribution in [2.75, 3.05) is 0 Å². The zero-order chi connectivity index (χ0) is 11.6. The summed E-state index contributed by atoms with van der Waals surface area (Å²) in [6.07, 6.45) is -3.73. The molecule has 0 aliphatic carbocycles. The fourth-order valence-electron chi connectivity index (χ4n) is 1.12. The van der Waals surface area contributed by atoms with E-state index in [-0.39, 0.29) is 10.8 Å². The average molecular weight is 238 g/mol. The maximum Gasteiger partial charge on any atom is 0.309 e. The van der Waals surface area contributed by atoms with E-state index >= 15 is 0 Å². The molecule has 0 saturated carbocycles. The molecule has 1 aromatic rings. The number of aliphatic carboxylic acids is 1. The van der Waals surface area contributed by atoms with Crippen molar-refractivity contribution >= 4 is 17.6 Å². The Morgan fingerprint density at radius 2 is 2.20 bits per heavy atom. The van der Waals surface area contributed by atoms with E-state index in [1.807, 2.05) is 0 Å². The van der Waals surface area contributed by atoms with Crippen molar-refractivity contribution in [3.05, 3.63) is 32.7 Å². The van der Waals surface area contributed by atoms with Crippen LogP contribution in [0.2, 0.25) is 5.15 Å². The van der Waals surface area contributed by atoms with E-state index in [0.29, 0.717) is 0 Å². The Bertz CT molecular complexity index is 444. The summed E-state index contributed by atoms with van der Waals surface area (Å²) in [5.41, 5.74) is -2.18. The second kappa shape index (κ2) is 4.39. The lowest BCUT2D eigenvalue weighted by molar-refractivity contribution is -0.136. The fourth-order valence-corrected chi connectivity index (χ4v) is 1.33. The number of pyridine rings is 1. The molecule has 0 aliphatic heterocycles. The predicted octanol–water partition coefficient (Wildman–Crippen LogP) is 1.59. The van der Waals surface area contributed by atoms with Crippen LogP contribution in [-0.4, -0.2) is 16.1 Å². The highest BCUT2D eigenvalue weighted by Crippen LogP contribution is 2.19. The van der Waals surface area contributed by atoms with Crippen molar-refractivity contribution in [2.45, 2.75) is 12.8 Å². The molecular weight excluding hydrogens is 232 g/mol. The first-order chi connectivity index (χ1) is 6.91. The van der Waals surface area contributed by atoms with Crippen molar-refractivity contribution in [1.29, 1.82) is 0 Å². The first kappa shape index (κ1) is 11.6. The Kier molecular flexibility index (Phi) is 3.41. The molecular formula is C8H6ClF2NO3. The maximum absolute atomic E-state index is 12.4. The van der Waals surface area contributed by atoms with Crippen LogP contribution < -0.4 is 5.43 Å². The second-order valence-electron chi connectivity index (χ2n) is 2.74. The summed E-state index contributed by atoms with van der Waals surface area (Å²) in [7, 11) is 0. The van der Waals surface area contributed by atoms with Crippen LogP contribution in [0.1, 0.15) is 17.7 Å². The van der Waals surface area contributed by atoms with Gasteiger partial charge in [0.05, 0.1) is 12.0 Å². The number of hydrogen-bond acceptors (Lipinski definition) is 2. The highest BCUT2D eigenvalue weighted by Gasteiger charge is 2.19. The number of carboxylic acids is 1. The predicted molar refractivity (Wildman–Crippen MR) is 48.4 cm³/mol. The molecule has 0 saturated heterocycles. The van der Waals surface area contributed by atoms with Gasteiger partial charge in [-0.15, -0.1) is 0 Å². The number of hydrogen-bond donors (Lipinski definition) is 2. The smallest absolute Gasteiger partial charge is 0.309 e. The minimum absolute atomic E-state index is 0.166. The zero-order valence-corrected chi connectivity index (χ0v) is 8.02. The Morgan fingerprint density at radius 3 is 2.67 bits per heavy atom. The molecule has 1 heterocycles. The largest absolute Gasteiger partial charge is 0.481 e. The number of carbonyl (C=O) groups is 1. The van der Waals surface area contributed by atoms with Crippen molar-refractivity contribution in [3.63, 3.8) is 0 Å². The Balaban J connectivity index is 3.33. The van der Waals surface area contributed by atoms with Gasteiger partial charge in [-0.25, -0.2) is 8.78 Å². The van der Waals surface area contributed by atoms with Crippen LogP contribution >= 0.6 is 11.6 Å². The van der Waals surface area contributed by atoms with E-state index in [2.05, 4.69) is 4.98 Å². The quantitative estimate of drug-likeness (QED) is 0.785. The van der Waals surface area contributed by atoms with Gasteiger partial charge in [0.1, 0.15) is 5.15 Å². The van der Waals surface area contributed by atoms with Crippen LogP contribution in [0.3, 0.4) is 0 Å². The Hall–Kier alpha value is -1.43. The van der Waals surface area contributed by atoms with E-state index in [0.717, 1.165) is 6.07 Å². The molecule has 1 rings (SSSR count). The van der Waals surface area contributed by atoms with Crippen molar-refractivity contribution in [2.24, 2.45) is 0 Å². The van der Waals surface area contributed by atoms with Crippen LogP contribution in [0.25, 0.3) is 0 Å².